The molecule has 0 aliphatic carbocycles. The third kappa shape index (κ3) is 3.45. The number of halogens is 4. The number of hydrogen-bond acceptors (Lipinski definition) is 2. The van der Waals surface area contributed by atoms with Crippen LogP contribution in [0.4, 0.5) is 18.9 Å². The van der Waals surface area contributed by atoms with E-state index >= 15 is 0 Å². The molecule has 1 heterocycles. The summed E-state index contributed by atoms with van der Waals surface area (Å²) in [5.74, 6) is 0. The highest BCUT2D eigenvalue weighted by atomic mass is 35.5. The van der Waals surface area contributed by atoms with Crippen molar-refractivity contribution < 1.29 is 13.2 Å². The summed E-state index contributed by atoms with van der Waals surface area (Å²) >= 11 is 10.7. The second-order valence-corrected chi connectivity index (χ2v) is 4.40. The Kier molecular flexibility index (Phi) is 3.77. The molecule has 0 fully saturated rings. The van der Waals surface area contributed by atoms with Crippen LogP contribution in [0.3, 0.4) is 0 Å². The molecule has 0 radical (unpaired) electrons. The summed E-state index contributed by atoms with van der Waals surface area (Å²) in [6.45, 7) is 0. The zero-order chi connectivity index (χ0) is 14.0. The van der Waals surface area contributed by atoms with Crippen molar-refractivity contribution in [3.63, 3.8) is 0 Å². The number of thiocarbonyl (C=S) groups is 1. The van der Waals surface area contributed by atoms with Gasteiger partial charge in [-0.25, -0.2) is 4.68 Å². The van der Waals surface area contributed by atoms with Crippen LogP contribution < -0.4 is 5.32 Å². The van der Waals surface area contributed by atoms with E-state index in [1.807, 2.05) is 0 Å². The largest absolute Gasteiger partial charge is 0.435 e. The van der Waals surface area contributed by atoms with Gasteiger partial charge in [0.1, 0.15) is 0 Å². The van der Waals surface area contributed by atoms with Gasteiger partial charge < -0.3 is 5.32 Å². The maximum Gasteiger partial charge on any atom is 0.435 e. The Balaban J connectivity index is 2.12. The molecule has 0 aliphatic heterocycles. The van der Waals surface area contributed by atoms with Gasteiger partial charge in [-0.05, 0) is 42.5 Å². The number of alkyl halides is 3. The van der Waals surface area contributed by atoms with Crippen molar-refractivity contribution in [2.24, 2.45) is 0 Å². The average molecular weight is 306 g/mol. The Hall–Kier alpha value is -1.60. The predicted molar refractivity (Wildman–Crippen MR) is 70.3 cm³/mol. The lowest BCUT2D eigenvalue weighted by atomic mass is 10.3. The van der Waals surface area contributed by atoms with Crippen LogP contribution in [0.15, 0.2) is 36.5 Å². The fourth-order valence-corrected chi connectivity index (χ4v) is 1.65. The first-order valence-electron chi connectivity index (χ1n) is 5.06. The minimum absolute atomic E-state index is 0.0397. The summed E-state index contributed by atoms with van der Waals surface area (Å²) in [6.07, 6.45) is -3.34. The maximum absolute atomic E-state index is 12.4. The Bertz CT molecular complexity index is 592. The van der Waals surface area contributed by atoms with E-state index < -0.39 is 11.9 Å². The highest BCUT2D eigenvalue weighted by molar-refractivity contribution is 7.80. The molecule has 0 amide bonds. The third-order valence-corrected chi connectivity index (χ3v) is 2.72. The van der Waals surface area contributed by atoms with E-state index in [4.69, 9.17) is 23.8 Å². The number of aromatic nitrogens is 2. The van der Waals surface area contributed by atoms with Gasteiger partial charge in [0, 0.05) is 16.9 Å². The van der Waals surface area contributed by atoms with E-state index in [9.17, 15) is 13.2 Å². The Morgan fingerprint density at radius 1 is 1.21 bits per heavy atom. The molecule has 2 aromatic rings. The van der Waals surface area contributed by atoms with Crippen LogP contribution in [-0.4, -0.2) is 14.9 Å². The van der Waals surface area contributed by atoms with Crippen molar-refractivity contribution in [3.05, 3.63) is 47.2 Å². The molecule has 2 rings (SSSR count). The third-order valence-electron chi connectivity index (χ3n) is 2.18. The van der Waals surface area contributed by atoms with Gasteiger partial charge in [-0.2, -0.15) is 18.3 Å². The summed E-state index contributed by atoms with van der Waals surface area (Å²) in [4.78, 5) is 0. The summed E-state index contributed by atoms with van der Waals surface area (Å²) in [5.41, 5.74) is -0.383. The second kappa shape index (κ2) is 5.18. The van der Waals surface area contributed by atoms with E-state index in [1.165, 1.54) is 0 Å². The van der Waals surface area contributed by atoms with Crippen LogP contribution in [0.5, 0.6) is 0 Å². The standard InChI is InChI=1S/C11H7ClF3N3S/c12-7-1-3-8(4-2-7)16-10(19)18-6-5-9(17-18)11(13,14)15/h1-6H,(H,16,19). The number of nitrogens with one attached hydrogen (secondary N) is 1. The highest BCUT2D eigenvalue weighted by Crippen LogP contribution is 2.27. The van der Waals surface area contributed by atoms with Crippen LogP contribution in [0.25, 0.3) is 0 Å². The van der Waals surface area contributed by atoms with Gasteiger partial charge in [-0.1, -0.05) is 11.6 Å². The predicted octanol–water partition coefficient (Wildman–Crippen LogP) is 3.80. The average Bonchev–Trinajstić information content (AvgIpc) is 2.81. The fourth-order valence-electron chi connectivity index (χ4n) is 1.30. The Morgan fingerprint density at radius 3 is 2.37 bits per heavy atom. The number of benzene rings is 1. The first-order chi connectivity index (χ1) is 8.86. The smallest absolute Gasteiger partial charge is 0.331 e. The quantitative estimate of drug-likeness (QED) is 0.813. The number of anilines is 1. The van der Waals surface area contributed by atoms with Crippen molar-refractivity contribution >= 4 is 34.6 Å². The summed E-state index contributed by atoms with van der Waals surface area (Å²) in [7, 11) is 0. The van der Waals surface area contributed by atoms with Gasteiger partial charge in [-0.3, -0.25) is 0 Å². The van der Waals surface area contributed by atoms with Gasteiger partial charge in [-0.15, -0.1) is 0 Å². The SMILES string of the molecule is FC(F)(F)c1ccn(C(=S)Nc2ccc(Cl)cc2)n1. The van der Waals surface area contributed by atoms with Gasteiger partial charge >= 0.3 is 6.18 Å². The van der Waals surface area contributed by atoms with Crippen LogP contribution in [0, 0.1) is 0 Å². The zero-order valence-corrected chi connectivity index (χ0v) is 10.9. The summed E-state index contributed by atoms with van der Waals surface area (Å²) in [5, 5.41) is 6.70. The van der Waals surface area contributed by atoms with Crippen molar-refractivity contribution in [2.75, 3.05) is 5.32 Å². The minimum Gasteiger partial charge on any atom is -0.331 e. The van der Waals surface area contributed by atoms with Crippen molar-refractivity contribution in [1.29, 1.82) is 0 Å². The molecule has 100 valence electrons. The number of rotatable bonds is 1. The van der Waals surface area contributed by atoms with E-state index in [1.54, 1.807) is 24.3 Å². The molecule has 0 saturated heterocycles. The summed E-state index contributed by atoms with van der Waals surface area (Å²) in [6, 6.07) is 7.44. The molecule has 19 heavy (non-hydrogen) atoms. The molecule has 0 spiro atoms. The summed E-state index contributed by atoms with van der Waals surface area (Å²) < 4.78 is 38.1. The monoisotopic (exact) mass is 305 g/mol. The van der Waals surface area contributed by atoms with Gasteiger partial charge in [0.25, 0.3) is 0 Å². The topological polar surface area (TPSA) is 29.9 Å². The van der Waals surface area contributed by atoms with Crippen molar-refractivity contribution in [1.82, 2.24) is 9.78 Å². The van der Waals surface area contributed by atoms with E-state index in [2.05, 4.69) is 10.4 Å². The minimum atomic E-state index is -4.48. The maximum atomic E-state index is 12.4. The molecular weight excluding hydrogens is 299 g/mol. The molecule has 0 aliphatic rings. The van der Waals surface area contributed by atoms with E-state index in [-0.39, 0.29) is 5.11 Å². The lowest BCUT2D eigenvalue weighted by molar-refractivity contribution is -0.141. The number of hydrogen-bond donors (Lipinski definition) is 1. The Morgan fingerprint density at radius 2 is 1.84 bits per heavy atom. The first kappa shape index (κ1) is 13.8. The zero-order valence-electron chi connectivity index (χ0n) is 9.28. The first-order valence-corrected chi connectivity index (χ1v) is 5.85. The normalized spacial score (nSPS) is 11.4. The molecule has 1 aromatic carbocycles. The molecule has 1 N–H and O–H groups in total. The molecule has 0 saturated carbocycles. The van der Waals surface area contributed by atoms with Crippen LogP contribution >= 0.6 is 23.8 Å². The second-order valence-electron chi connectivity index (χ2n) is 3.58. The molecule has 8 heteroatoms. The van der Waals surface area contributed by atoms with Crippen molar-refractivity contribution in [3.8, 4) is 0 Å². The van der Waals surface area contributed by atoms with Gasteiger partial charge in [0.2, 0.25) is 0 Å². The van der Waals surface area contributed by atoms with Crippen LogP contribution in [0.1, 0.15) is 5.69 Å². The molecule has 0 bridgehead atoms. The molecule has 0 unspecified atom stereocenters. The van der Waals surface area contributed by atoms with Crippen LogP contribution in [0.2, 0.25) is 5.02 Å². The molecular formula is C11H7ClF3N3S. The van der Waals surface area contributed by atoms with E-state index in [0.717, 1.165) is 16.9 Å². The number of nitrogens with zero attached hydrogens (tertiary/aromatic N) is 2. The molecule has 1 aromatic heterocycles. The van der Waals surface area contributed by atoms with Gasteiger partial charge in [0.05, 0.1) is 0 Å². The lowest BCUT2D eigenvalue weighted by Gasteiger charge is -2.08. The van der Waals surface area contributed by atoms with E-state index in [0.29, 0.717) is 10.7 Å². The van der Waals surface area contributed by atoms with Gasteiger partial charge in [0.15, 0.2) is 10.8 Å². The molecule has 0 atom stereocenters. The van der Waals surface area contributed by atoms with Crippen molar-refractivity contribution in [2.45, 2.75) is 6.18 Å². The van der Waals surface area contributed by atoms with Crippen LogP contribution in [-0.2, 0) is 6.18 Å². The lowest BCUT2D eigenvalue weighted by Crippen LogP contribution is -2.20. The highest BCUT2D eigenvalue weighted by Gasteiger charge is 2.33. The fraction of sp³-hybridized carbons (Fsp3) is 0.0909. The Labute approximate surface area is 117 Å². The molecule has 3 nitrogen and oxygen atoms in total.